The average Bonchev–Trinajstić information content (AvgIpc) is 3.04. The molecule has 1 aromatic heterocycles. The molecule has 2 unspecified atom stereocenters. The van der Waals surface area contributed by atoms with E-state index in [1.165, 1.54) is 31.2 Å². The lowest BCUT2D eigenvalue weighted by atomic mass is 10.1. The van der Waals surface area contributed by atoms with Gasteiger partial charge in [-0.15, -0.1) is 0 Å². The lowest BCUT2D eigenvalue weighted by Crippen LogP contribution is -2.15. The first-order chi connectivity index (χ1) is 8.83. The van der Waals surface area contributed by atoms with E-state index >= 15 is 0 Å². The van der Waals surface area contributed by atoms with Gasteiger partial charge >= 0.3 is 0 Å². The lowest BCUT2D eigenvalue weighted by molar-refractivity contribution is 0.100. The van der Waals surface area contributed by atoms with E-state index in [1.54, 1.807) is 0 Å². The summed E-state index contributed by atoms with van der Waals surface area (Å²) in [5.74, 6) is 0. The minimum atomic E-state index is 0.492. The Hall–Kier alpha value is -0.800. The summed E-state index contributed by atoms with van der Waals surface area (Å²) in [6, 6.07) is 2.74. The van der Waals surface area contributed by atoms with Crippen molar-refractivity contribution in [3.8, 4) is 0 Å². The number of hydrogen-bond acceptors (Lipinski definition) is 2. The Balaban J connectivity index is 1.84. The summed E-state index contributed by atoms with van der Waals surface area (Å²) in [6.07, 6.45) is 11.0. The van der Waals surface area contributed by atoms with Crippen LogP contribution in [0.25, 0.3) is 0 Å². The summed E-state index contributed by atoms with van der Waals surface area (Å²) in [5.41, 5.74) is 1.41. The van der Waals surface area contributed by atoms with Crippen molar-refractivity contribution >= 4 is 0 Å². The highest BCUT2D eigenvalue weighted by atomic mass is 16.5. The van der Waals surface area contributed by atoms with Crippen LogP contribution in [0.15, 0.2) is 18.5 Å². The van der Waals surface area contributed by atoms with Crippen LogP contribution in [0.4, 0.5) is 0 Å². The SMILES string of the molecule is CCCC(NC)c1ccn(CCC2CCCO2)c1. The van der Waals surface area contributed by atoms with E-state index in [9.17, 15) is 0 Å². The molecule has 102 valence electrons. The molecule has 3 nitrogen and oxygen atoms in total. The summed E-state index contributed by atoms with van der Waals surface area (Å²) in [6.45, 7) is 4.27. The average molecular weight is 250 g/mol. The first kappa shape index (κ1) is 13.6. The van der Waals surface area contributed by atoms with Gasteiger partial charge in [-0.3, -0.25) is 0 Å². The zero-order chi connectivity index (χ0) is 12.8. The zero-order valence-corrected chi connectivity index (χ0v) is 11.7. The van der Waals surface area contributed by atoms with E-state index in [4.69, 9.17) is 4.74 Å². The Bertz CT molecular complexity index is 342. The molecule has 1 aromatic rings. The number of rotatable bonds is 7. The fourth-order valence-electron chi connectivity index (χ4n) is 2.74. The van der Waals surface area contributed by atoms with E-state index < -0.39 is 0 Å². The second-order valence-electron chi connectivity index (χ2n) is 5.24. The van der Waals surface area contributed by atoms with Gasteiger partial charge in [0, 0.05) is 31.6 Å². The zero-order valence-electron chi connectivity index (χ0n) is 11.7. The third-order valence-electron chi connectivity index (χ3n) is 3.83. The summed E-state index contributed by atoms with van der Waals surface area (Å²) in [7, 11) is 2.05. The molecule has 1 saturated heterocycles. The van der Waals surface area contributed by atoms with Gasteiger partial charge in [0.15, 0.2) is 0 Å². The van der Waals surface area contributed by atoms with Crippen molar-refractivity contribution < 1.29 is 4.74 Å². The predicted octanol–water partition coefficient (Wildman–Crippen LogP) is 3.12. The third kappa shape index (κ3) is 3.59. The van der Waals surface area contributed by atoms with Crippen LogP contribution in [-0.2, 0) is 11.3 Å². The number of aromatic nitrogens is 1. The van der Waals surface area contributed by atoms with Crippen LogP contribution in [0.5, 0.6) is 0 Å². The van der Waals surface area contributed by atoms with Crippen LogP contribution >= 0.6 is 0 Å². The first-order valence-corrected chi connectivity index (χ1v) is 7.28. The van der Waals surface area contributed by atoms with E-state index in [0.29, 0.717) is 12.1 Å². The second-order valence-corrected chi connectivity index (χ2v) is 5.24. The van der Waals surface area contributed by atoms with Crippen LogP contribution < -0.4 is 5.32 Å². The molecule has 0 amide bonds. The third-order valence-corrected chi connectivity index (χ3v) is 3.83. The topological polar surface area (TPSA) is 26.2 Å². The van der Waals surface area contributed by atoms with Gasteiger partial charge in [-0.1, -0.05) is 13.3 Å². The van der Waals surface area contributed by atoms with Crippen molar-refractivity contribution in [1.82, 2.24) is 9.88 Å². The molecule has 0 saturated carbocycles. The maximum atomic E-state index is 5.66. The molecule has 0 aromatic carbocycles. The molecule has 3 heteroatoms. The number of ether oxygens (including phenoxy) is 1. The smallest absolute Gasteiger partial charge is 0.0593 e. The van der Waals surface area contributed by atoms with E-state index in [2.05, 4.69) is 35.3 Å². The highest BCUT2D eigenvalue weighted by molar-refractivity contribution is 5.15. The number of hydrogen-bond donors (Lipinski definition) is 1. The van der Waals surface area contributed by atoms with E-state index in [0.717, 1.165) is 19.6 Å². The van der Waals surface area contributed by atoms with E-state index in [1.807, 2.05) is 7.05 Å². The molecule has 0 radical (unpaired) electrons. The molecule has 2 rings (SSSR count). The van der Waals surface area contributed by atoms with E-state index in [-0.39, 0.29) is 0 Å². The van der Waals surface area contributed by atoms with Gasteiger partial charge in [0.1, 0.15) is 0 Å². The Kier molecular flexibility index (Phi) is 5.26. The molecule has 1 aliphatic rings. The highest BCUT2D eigenvalue weighted by Crippen LogP contribution is 2.20. The van der Waals surface area contributed by atoms with Gasteiger partial charge in [-0.05, 0) is 44.4 Å². The quantitative estimate of drug-likeness (QED) is 0.804. The van der Waals surface area contributed by atoms with Gasteiger partial charge in [-0.25, -0.2) is 0 Å². The van der Waals surface area contributed by atoms with Crippen molar-refractivity contribution in [3.63, 3.8) is 0 Å². The second kappa shape index (κ2) is 6.95. The summed E-state index contributed by atoms with van der Waals surface area (Å²) < 4.78 is 7.97. The number of aryl methyl sites for hydroxylation is 1. The van der Waals surface area contributed by atoms with Crippen LogP contribution in [0.2, 0.25) is 0 Å². The number of nitrogens with zero attached hydrogens (tertiary/aromatic N) is 1. The molecule has 1 N–H and O–H groups in total. The normalized spacial score (nSPS) is 21.3. The summed E-state index contributed by atoms with van der Waals surface area (Å²) in [4.78, 5) is 0. The standard InChI is InChI=1S/C15H26N2O/c1-3-5-15(16-2)13-7-9-17(12-13)10-8-14-6-4-11-18-14/h7,9,12,14-16H,3-6,8,10-11H2,1-2H3. The molecule has 2 heterocycles. The molecular weight excluding hydrogens is 224 g/mol. The van der Waals surface area contributed by atoms with Gasteiger partial charge in [-0.2, -0.15) is 0 Å². The van der Waals surface area contributed by atoms with Crippen LogP contribution in [0, 0.1) is 0 Å². The Morgan fingerprint density at radius 3 is 3.11 bits per heavy atom. The maximum absolute atomic E-state index is 5.66. The fraction of sp³-hybridized carbons (Fsp3) is 0.733. The van der Waals surface area contributed by atoms with Gasteiger partial charge in [0.05, 0.1) is 6.10 Å². The largest absolute Gasteiger partial charge is 0.378 e. The van der Waals surface area contributed by atoms with Crippen molar-refractivity contribution in [3.05, 3.63) is 24.0 Å². The van der Waals surface area contributed by atoms with Crippen molar-refractivity contribution in [2.24, 2.45) is 0 Å². The molecule has 0 bridgehead atoms. The molecule has 1 aliphatic heterocycles. The molecule has 2 atom stereocenters. The first-order valence-electron chi connectivity index (χ1n) is 7.28. The molecule has 1 fully saturated rings. The fourth-order valence-corrected chi connectivity index (χ4v) is 2.74. The monoisotopic (exact) mass is 250 g/mol. The Morgan fingerprint density at radius 1 is 1.56 bits per heavy atom. The van der Waals surface area contributed by atoms with Gasteiger partial charge < -0.3 is 14.6 Å². The van der Waals surface area contributed by atoms with Gasteiger partial charge in [0.25, 0.3) is 0 Å². The summed E-state index contributed by atoms with van der Waals surface area (Å²) in [5, 5.41) is 3.39. The molecule has 18 heavy (non-hydrogen) atoms. The number of nitrogens with one attached hydrogen (secondary N) is 1. The molecule has 0 aliphatic carbocycles. The summed E-state index contributed by atoms with van der Waals surface area (Å²) >= 11 is 0. The Morgan fingerprint density at radius 2 is 2.44 bits per heavy atom. The predicted molar refractivity (Wildman–Crippen MR) is 74.7 cm³/mol. The highest BCUT2D eigenvalue weighted by Gasteiger charge is 2.15. The Labute approximate surface area is 111 Å². The van der Waals surface area contributed by atoms with Crippen LogP contribution in [0.1, 0.15) is 50.6 Å². The van der Waals surface area contributed by atoms with Crippen molar-refractivity contribution in [1.29, 1.82) is 0 Å². The molecular formula is C15H26N2O. The minimum absolute atomic E-state index is 0.492. The van der Waals surface area contributed by atoms with Crippen molar-refractivity contribution in [2.45, 2.75) is 57.7 Å². The lowest BCUT2D eigenvalue weighted by Gasteiger charge is -2.13. The van der Waals surface area contributed by atoms with Crippen LogP contribution in [0.3, 0.4) is 0 Å². The molecule has 0 spiro atoms. The minimum Gasteiger partial charge on any atom is -0.378 e. The van der Waals surface area contributed by atoms with Crippen LogP contribution in [-0.4, -0.2) is 24.3 Å². The van der Waals surface area contributed by atoms with Gasteiger partial charge in [0.2, 0.25) is 0 Å². The van der Waals surface area contributed by atoms with Crippen molar-refractivity contribution in [2.75, 3.05) is 13.7 Å². The maximum Gasteiger partial charge on any atom is 0.0593 e.